The molecule has 1 fully saturated rings. The van der Waals surface area contributed by atoms with E-state index in [9.17, 15) is 14.4 Å². The van der Waals surface area contributed by atoms with Gasteiger partial charge in [0.25, 0.3) is 11.5 Å². The smallest absolute Gasteiger partial charge is 0.259 e. The molecule has 2 amide bonds. The van der Waals surface area contributed by atoms with Gasteiger partial charge in [0, 0.05) is 64.0 Å². The monoisotopic (exact) mass is 494 g/mol. The molecule has 5 rings (SSSR count). The van der Waals surface area contributed by atoms with Crippen LogP contribution in [0.1, 0.15) is 34.1 Å². The van der Waals surface area contributed by atoms with Crippen LogP contribution in [-0.2, 0) is 35.5 Å². The third-order valence-electron chi connectivity index (χ3n) is 7.71. The summed E-state index contributed by atoms with van der Waals surface area (Å²) in [6.07, 6.45) is 1.21. The third kappa shape index (κ3) is 4.65. The molecule has 9 heteroatoms. The molecule has 1 saturated heterocycles. The van der Waals surface area contributed by atoms with Gasteiger partial charge in [-0.2, -0.15) is 0 Å². The van der Waals surface area contributed by atoms with Crippen molar-refractivity contribution < 1.29 is 19.1 Å². The fourth-order valence-electron chi connectivity index (χ4n) is 5.57. The first-order valence-electron chi connectivity index (χ1n) is 12.7. The fourth-order valence-corrected chi connectivity index (χ4v) is 5.57. The minimum Gasteiger partial charge on any atom is -0.496 e. The summed E-state index contributed by atoms with van der Waals surface area (Å²) in [6, 6.07) is 9.33. The summed E-state index contributed by atoms with van der Waals surface area (Å²) < 4.78 is 12.6. The van der Waals surface area contributed by atoms with Gasteiger partial charge >= 0.3 is 0 Å². The highest BCUT2D eigenvalue weighted by atomic mass is 16.5. The highest BCUT2D eigenvalue weighted by Gasteiger charge is 2.32. The Labute approximate surface area is 211 Å². The van der Waals surface area contributed by atoms with Gasteiger partial charge in [-0.1, -0.05) is 24.3 Å². The first kappa shape index (κ1) is 24.5. The average molecular weight is 495 g/mol. The average Bonchev–Trinajstić information content (AvgIpc) is 3.15. The van der Waals surface area contributed by atoms with Gasteiger partial charge in [-0.25, -0.2) is 0 Å². The second kappa shape index (κ2) is 10.4. The number of rotatable bonds is 4. The lowest BCUT2D eigenvalue weighted by molar-refractivity contribution is -0.138. The van der Waals surface area contributed by atoms with Crippen molar-refractivity contribution >= 4 is 11.8 Å². The highest BCUT2D eigenvalue weighted by molar-refractivity contribution is 5.98. The lowest BCUT2D eigenvalue weighted by Gasteiger charge is -2.34. The first-order valence-corrected chi connectivity index (χ1v) is 12.7. The van der Waals surface area contributed by atoms with E-state index in [-0.39, 0.29) is 23.4 Å². The molecule has 192 valence electrons. The Kier molecular flexibility index (Phi) is 7.11. The number of fused-ring (bicyclic) bond motifs is 2. The summed E-state index contributed by atoms with van der Waals surface area (Å²) in [5.74, 6) is 0.216. The Balaban J connectivity index is 1.40. The summed E-state index contributed by atoms with van der Waals surface area (Å²) in [7, 11) is 1.49. The summed E-state index contributed by atoms with van der Waals surface area (Å²) in [5.41, 5.74) is 3.28. The van der Waals surface area contributed by atoms with Crippen molar-refractivity contribution in [3.8, 4) is 5.75 Å². The van der Waals surface area contributed by atoms with E-state index >= 15 is 0 Å². The maximum absolute atomic E-state index is 13.8. The Hall–Kier alpha value is -3.17. The topological polar surface area (TPSA) is 84.3 Å². The van der Waals surface area contributed by atoms with Crippen molar-refractivity contribution in [2.24, 2.45) is 0 Å². The van der Waals surface area contributed by atoms with Crippen LogP contribution in [0.15, 0.2) is 35.1 Å². The van der Waals surface area contributed by atoms with Gasteiger partial charge < -0.3 is 23.8 Å². The van der Waals surface area contributed by atoms with Gasteiger partial charge in [0.1, 0.15) is 11.3 Å². The molecule has 0 radical (unpaired) electrons. The summed E-state index contributed by atoms with van der Waals surface area (Å²) in [4.78, 5) is 46.0. The third-order valence-corrected chi connectivity index (χ3v) is 7.71. The van der Waals surface area contributed by atoms with Gasteiger partial charge in [-0.3, -0.25) is 19.3 Å². The van der Waals surface area contributed by atoms with Crippen LogP contribution in [0.2, 0.25) is 0 Å². The van der Waals surface area contributed by atoms with E-state index in [1.807, 2.05) is 28.9 Å². The van der Waals surface area contributed by atoms with Crippen molar-refractivity contribution in [2.75, 3.05) is 53.0 Å². The van der Waals surface area contributed by atoms with E-state index < -0.39 is 0 Å². The maximum atomic E-state index is 13.8. The molecule has 2 aromatic rings. The van der Waals surface area contributed by atoms with Crippen molar-refractivity contribution in [2.45, 2.75) is 38.9 Å². The number of methoxy groups -OCH3 is 1. The van der Waals surface area contributed by atoms with Crippen LogP contribution in [0, 0.1) is 0 Å². The maximum Gasteiger partial charge on any atom is 0.259 e. The number of morpholine rings is 1. The molecule has 0 saturated carbocycles. The fraction of sp³-hybridized carbons (Fsp3) is 0.519. The molecule has 0 aliphatic carbocycles. The van der Waals surface area contributed by atoms with E-state index in [2.05, 4.69) is 17.0 Å². The number of nitrogens with zero attached hydrogens (tertiary/aromatic N) is 4. The molecule has 0 unspecified atom stereocenters. The van der Waals surface area contributed by atoms with Crippen LogP contribution < -0.4 is 10.3 Å². The van der Waals surface area contributed by atoms with Crippen LogP contribution in [0.25, 0.3) is 0 Å². The van der Waals surface area contributed by atoms with Crippen molar-refractivity contribution in [3.05, 3.63) is 63.1 Å². The summed E-state index contributed by atoms with van der Waals surface area (Å²) in [5, 5.41) is 0. The van der Waals surface area contributed by atoms with Crippen LogP contribution in [0.3, 0.4) is 0 Å². The van der Waals surface area contributed by atoms with E-state index in [1.165, 1.54) is 18.7 Å². The number of ether oxygens (including phenoxy) is 2. The first-order chi connectivity index (χ1) is 17.5. The van der Waals surface area contributed by atoms with Gasteiger partial charge in [0.2, 0.25) is 5.91 Å². The number of hydrogen-bond donors (Lipinski definition) is 0. The number of benzene rings is 1. The zero-order chi connectivity index (χ0) is 25.2. The molecule has 4 heterocycles. The Morgan fingerprint density at radius 3 is 2.42 bits per heavy atom. The van der Waals surface area contributed by atoms with Crippen LogP contribution in [0.4, 0.5) is 0 Å². The Morgan fingerprint density at radius 1 is 0.944 bits per heavy atom. The zero-order valence-corrected chi connectivity index (χ0v) is 21.1. The molecule has 1 aromatic heterocycles. The number of carbonyl (C=O) groups excluding carboxylic acids is 2. The molecule has 0 spiro atoms. The molecule has 9 nitrogen and oxygen atoms in total. The number of aromatic nitrogens is 1. The lowest BCUT2D eigenvalue weighted by atomic mass is 9.98. The minimum absolute atomic E-state index is 0.0465. The van der Waals surface area contributed by atoms with Gasteiger partial charge in [0.15, 0.2) is 0 Å². The normalized spacial score (nSPS) is 19.2. The number of carbonyl (C=O) groups is 2. The summed E-state index contributed by atoms with van der Waals surface area (Å²) >= 11 is 0. The minimum atomic E-state index is -0.254. The van der Waals surface area contributed by atoms with E-state index in [4.69, 9.17) is 9.47 Å². The largest absolute Gasteiger partial charge is 0.496 e. The van der Waals surface area contributed by atoms with Crippen LogP contribution >= 0.6 is 0 Å². The van der Waals surface area contributed by atoms with Gasteiger partial charge in [-0.15, -0.1) is 0 Å². The Morgan fingerprint density at radius 2 is 1.67 bits per heavy atom. The zero-order valence-electron chi connectivity index (χ0n) is 21.1. The van der Waals surface area contributed by atoms with Gasteiger partial charge in [0.05, 0.1) is 26.4 Å². The Bertz CT molecular complexity index is 1200. The molecule has 3 aliphatic heterocycles. The number of amides is 2. The SMILES string of the molecule is COc1cc(=O)n2c(c1C(=O)N1CCc3ccccc3C1)CCN(C(=O)[C@@H](C)N1CCOCC1)CC2. The quantitative estimate of drug-likeness (QED) is 0.635. The molecule has 3 aliphatic rings. The molecule has 0 bridgehead atoms. The van der Waals surface area contributed by atoms with E-state index in [0.29, 0.717) is 69.4 Å². The van der Waals surface area contributed by atoms with Gasteiger partial charge in [-0.05, 0) is 24.5 Å². The highest BCUT2D eigenvalue weighted by Crippen LogP contribution is 2.27. The van der Waals surface area contributed by atoms with E-state index in [0.717, 1.165) is 25.1 Å². The molecular formula is C27H34N4O5. The van der Waals surface area contributed by atoms with Crippen molar-refractivity contribution in [1.29, 1.82) is 0 Å². The second-order valence-electron chi connectivity index (χ2n) is 9.67. The van der Waals surface area contributed by atoms with Crippen LogP contribution in [-0.4, -0.2) is 90.2 Å². The van der Waals surface area contributed by atoms with Crippen molar-refractivity contribution in [3.63, 3.8) is 0 Å². The summed E-state index contributed by atoms with van der Waals surface area (Å²) in [6.45, 7) is 7.02. The molecule has 1 atom stereocenters. The lowest BCUT2D eigenvalue weighted by Crippen LogP contribution is -2.51. The molecule has 1 aromatic carbocycles. The standard InChI is InChI=1S/C27H34N4O5/c1-19(28-13-15-36-16-14-28)26(33)29-10-8-22-25(23(35-2)17-24(32)31(22)12-11-29)27(34)30-9-7-20-5-3-4-6-21(20)18-30/h3-6,17,19H,7-16,18H2,1-2H3/t19-/m1/s1. The predicted molar refractivity (Wildman–Crippen MR) is 134 cm³/mol. The second-order valence-corrected chi connectivity index (χ2v) is 9.67. The predicted octanol–water partition coefficient (Wildman–Crippen LogP) is 1.16. The van der Waals surface area contributed by atoms with E-state index in [1.54, 1.807) is 4.57 Å². The number of pyridine rings is 1. The van der Waals surface area contributed by atoms with Crippen LogP contribution in [0.5, 0.6) is 5.75 Å². The molecule has 0 N–H and O–H groups in total. The molecule has 36 heavy (non-hydrogen) atoms. The molecular weight excluding hydrogens is 460 g/mol. The number of hydrogen-bond acceptors (Lipinski definition) is 6. The van der Waals surface area contributed by atoms with Crippen molar-refractivity contribution in [1.82, 2.24) is 19.3 Å².